The maximum atomic E-state index is 11.4. The van der Waals surface area contributed by atoms with Crippen LogP contribution in [0.15, 0.2) is 30.3 Å². The SMILES string of the molecule is CCNC(C(=O)O)C1CCCN(Cc2ccccc2)C1. The van der Waals surface area contributed by atoms with Crippen LogP contribution in [0.4, 0.5) is 0 Å². The summed E-state index contributed by atoms with van der Waals surface area (Å²) in [7, 11) is 0. The van der Waals surface area contributed by atoms with E-state index < -0.39 is 12.0 Å². The van der Waals surface area contributed by atoms with E-state index in [0.717, 1.165) is 32.5 Å². The zero-order chi connectivity index (χ0) is 14.4. The fraction of sp³-hybridized carbons (Fsp3) is 0.562. The van der Waals surface area contributed by atoms with Crippen molar-refractivity contribution < 1.29 is 9.90 Å². The van der Waals surface area contributed by atoms with Gasteiger partial charge in [0.05, 0.1) is 0 Å². The summed E-state index contributed by atoms with van der Waals surface area (Å²) in [6.45, 7) is 5.49. The highest BCUT2D eigenvalue weighted by Gasteiger charge is 2.31. The lowest BCUT2D eigenvalue weighted by atomic mass is 9.90. The fourth-order valence-corrected chi connectivity index (χ4v) is 3.02. The van der Waals surface area contributed by atoms with Crippen molar-refractivity contribution in [1.29, 1.82) is 0 Å². The monoisotopic (exact) mass is 276 g/mol. The summed E-state index contributed by atoms with van der Waals surface area (Å²) in [6, 6.07) is 9.96. The molecule has 4 heteroatoms. The standard InChI is InChI=1S/C16H24N2O2/c1-2-17-15(16(19)20)14-9-6-10-18(12-14)11-13-7-4-3-5-8-13/h3-5,7-8,14-15,17H,2,6,9-12H2,1H3,(H,19,20). The van der Waals surface area contributed by atoms with E-state index in [4.69, 9.17) is 0 Å². The number of hydrogen-bond acceptors (Lipinski definition) is 3. The molecule has 0 saturated carbocycles. The summed E-state index contributed by atoms with van der Waals surface area (Å²) >= 11 is 0. The number of likely N-dealkylation sites (N-methyl/N-ethyl adjacent to an activating group) is 1. The molecule has 0 aliphatic carbocycles. The number of likely N-dealkylation sites (tertiary alicyclic amines) is 1. The average molecular weight is 276 g/mol. The molecule has 110 valence electrons. The van der Waals surface area contributed by atoms with Gasteiger partial charge in [0, 0.05) is 13.1 Å². The Morgan fingerprint density at radius 3 is 2.85 bits per heavy atom. The van der Waals surface area contributed by atoms with Crippen LogP contribution in [-0.2, 0) is 11.3 Å². The van der Waals surface area contributed by atoms with Crippen LogP contribution in [0, 0.1) is 5.92 Å². The Labute approximate surface area is 120 Å². The number of hydrogen-bond donors (Lipinski definition) is 2. The molecule has 1 fully saturated rings. The Morgan fingerprint density at radius 2 is 2.20 bits per heavy atom. The summed E-state index contributed by atoms with van der Waals surface area (Å²) in [5.74, 6) is -0.525. The van der Waals surface area contributed by atoms with Gasteiger partial charge in [-0.3, -0.25) is 9.69 Å². The minimum atomic E-state index is -0.724. The summed E-state index contributed by atoms with van der Waals surface area (Å²) in [6.07, 6.45) is 2.07. The van der Waals surface area contributed by atoms with Gasteiger partial charge in [-0.2, -0.15) is 0 Å². The largest absolute Gasteiger partial charge is 0.480 e. The van der Waals surface area contributed by atoms with Crippen molar-refractivity contribution in [3.05, 3.63) is 35.9 Å². The average Bonchev–Trinajstić information content (AvgIpc) is 2.46. The van der Waals surface area contributed by atoms with Crippen molar-refractivity contribution in [3.8, 4) is 0 Å². The molecule has 20 heavy (non-hydrogen) atoms. The van der Waals surface area contributed by atoms with E-state index in [0.29, 0.717) is 6.54 Å². The van der Waals surface area contributed by atoms with Crippen LogP contribution in [-0.4, -0.2) is 41.7 Å². The van der Waals surface area contributed by atoms with Gasteiger partial charge >= 0.3 is 5.97 Å². The Bertz CT molecular complexity index is 422. The third-order valence-electron chi connectivity index (χ3n) is 3.95. The highest BCUT2D eigenvalue weighted by atomic mass is 16.4. The Kier molecular flexibility index (Phi) is 5.56. The number of carboxylic acid groups (broad SMARTS) is 1. The molecule has 2 rings (SSSR count). The Morgan fingerprint density at radius 1 is 1.45 bits per heavy atom. The molecule has 1 aromatic carbocycles. The predicted molar refractivity (Wildman–Crippen MR) is 79.5 cm³/mol. The molecule has 2 atom stereocenters. The van der Waals surface area contributed by atoms with E-state index in [1.54, 1.807) is 0 Å². The summed E-state index contributed by atoms with van der Waals surface area (Å²) in [5, 5.41) is 12.5. The maximum absolute atomic E-state index is 11.4. The van der Waals surface area contributed by atoms with Gasteiger partial charge in [0.1, 0.15) is 6.04 Å². The minimum Gasteiger partial charge on any atom is -0.480 e. The van der Waals surface area contributed by atoms with Gasteiger partial charge < -0.3 is 10.4 Å². The lowest BCUT2D eigenvalue weighted by Crippen LogP contribution is -2.49. The lowest BCUT2D eigenvalue weighted by Gasteiger charge is -2.35. The first-order valence-electron chi connectivity index (χ1n) is 7.43. The zero-order valence-corrected chi connectivity index (χ0v) is 12.1. The molecular weight excluding hydrogens is 252 g/mol. The normalized spacial score (nSPS) is 21.6. The number of carboxylic acids is 1. The minimum absolute atomic E-state index is 0.199. The van der Waals surface area contributed by atoms with E-state index in [2.05, 4.69) is 34.5 Å². The predicted octanol–water partition coefficient (Wildman–Crippen LogP) is 1.96. The number of piperidine rings is 1. The van der Waals surface area contributed by atoms with Crippen molar-refractivity contribution in [1.82, 2.24) is 10.2 Å². The summed E-state index contributed by atoms with van der Waals surface area (Å²) in [5.41, 5.74) is 1.29. The van der Waals surface area contributed by atoms with Crippen LogP contribution in [0.25, 0.3) is 0 Å². The van der Waals surface area contributed by atoms with Gasteiger partial charge in [0.15, 0.2) is 0 Å². The first-order valence-corrected chi connectivity index (χ1v) is 7.43. The van der Waals surface area contributed by atoms with Gasteiger partial charge in [-0.15, -0.1) is 0 Å². The van der Waals surface area contributed by atoms with Gasteiger partial charge in [-0.05, 0) is 37.4 Å². The highest BCUT2D eigenvalue weighted by Crippen LogP contribution is 2.21. The van der Waals surface area contributed by atoms with Gasteiger partial charge in [-0.1, -0.05) is 37.3 Å². The van der Waals surface area contributed by atoms with E-state index in [1.165, 1.54) is 5.56 Å². The van der Waals surface area contributed by atoms with Crippen molar-refractivity contribution in [3.63, 3.8) is 0 Å². The molecule has 0 radical (unpaired) electrons. The van der Waals surface area contributed by atoms with Gasteiger partial charge in [-0.25, -0.2) is 0 Å². The molecule has 0 aromatic heterocycles. The number of aliphatic carboxylic acids is 1. The van der Waals surface area contributed by atoms with E-state index in [9.17, 15) is 9.90 Å². The Hall–Kier alpha value is -1.39. The third kappa shape index (κ3) is 4.05. The zero-order valence-electron chi connectivity index (χ0n) is 12.1. The molecule has 0 amide bonds. The van der Waals surface area contributed by atoms with Crippen LogP contribution >= 0.6 is 0 Å². The molecule has 1 aliphatic rings. The molecule has 2 unspecified atom stereocenters. The van der Waals surface area contributed by atoms with Crippen molar-refractivity contribution in [2.45, 2.75) is 32.4 Å². The number of nitrogens with zero attached hydrogens (tertiary/aromatic N) is 1. The summed E-state index contributed by atoms with van der Waals surface area (Å²) in [4.78, 5) is 13.7. The van der Waals surface area contributed by atoms with E-state index in [-0.39, 0.29) is 5.92 Å². The quantitative estimate of drug-likeness (QED) is 0.834. The molecule has 0 bridgehead atoms. The first-order chi connectivity index (χ1) is 9.70. The topological polar surface area (TPSA) is 52.6 Å². The number of benzene rings is 1. The Balaban J connectivity index is 1.95. The molecular formula is C16H24N2O2. The number of rotatable bonds is 6. The van der Waals surface area contributed by atoms with Crippen LogP contribution in [0.1, 0.15) is 25.3 Å². The fourth-order valence-electron chi connectivity index (χ4n) is 3.02. The second-order valence-electron chi connectivity index (χ2n) is 5.50. The van der Waals surface area contributed by atoms with Crippen molar-refractivity contribution in [2.24, 2.45) is 5.92 Å². The summed E-state index contributed by atoms with van der Waals surface area (Å²) < 4.78 is 0. The molecule has 1 saturated heterocycles. The molecule has 0 spiro atoms. The second-order valence-corrected chi connectivity index (χ2v) is 5.50. The molecule has 2 N–H and O–H groups in total. The third-order valence-corrected chi connectivity index (χ3v) is 3.95. The molecule has 1 heterocycles. The van der Waals surface area contributed by atoms with Crippen LogP contribution in [0.3, 0.4) is 0 Å². The number of carbonyl (C=O) groups is 1. The number of nitrogens with one attached hydrogen (secondary N) is 1. The van der Waals surface area contributed by atoms with Crippen LogP contribution in [0.2, 0.25) is 0 Å². The maximum Gasteiger partial charge on any atom is 0.321 e. The van der Waals surface area contributed by atoms with Crippen molar-refractivity contribution >= 4 is 5.97 Å². The van der Waals surface area contributed by atoms with Crippen LogP contribution < -0.4 is 5.32 Å². The molecule has 4 nitrogen and oxygen atoms in total. The first kappa shape index (κ1) is 15.0. The van der Waals surface area contributed by atoms with Gasteiger partial charge in [0.2, 0.25) is 0 Å². The lowest BCUT2D eigenvalue weighted by molar-refractivity contribution is -0.141. The van der Waals surface area contributed by atoms with E-state index >= 15 is 0 Å². The molecule has 1 aliphatic heterocycles. The second kappa shape index (κ2) is 7.41. The van der Waals surface area contributed by atoms with Crippen molar-refractivity contribution in [2.75, 3.05) is 19.6 Å². The highest BCUT2D eigenvalue weighted by molar-refractivity contribution is 5.73. The smallest absolute Gasteiger partial charge is 0.321 e. The van der Waals surface area contributed by atoms with Gasteiger partial charge in [0.25, 0.3) is 0 Å². The van der Waals surface area contributed by atoms with Crippen LogP contribution in [0.5, 0.6) is 0 Å². The van der Waals surface area contributed by atoms with E-state index in [1.807, 2.05) is 13.0 Å². The molecule has 1 aromatic rings.